The lowest BCUT2D eigenvalue weighted by Gasteiger charge is -2.09. The molecular weight excluding hydrogens is 406 g/mol. The first kappa shape index (κ1) is 19.6. The first-order valence-electron chi connectivity index (χ1n) is 10.1. The first-order chi connectivity index (χ1) is 15.6. The zero-order chi connectivity index (χ0) is 22.1. The van der Waals surface area contributed by atoms with Gasteiger partial charge in [-0.2, -0.15) is 4.98 Å². The van der Waals surface area contributed by atoms with E-state index in [2.05, 4.69) is 20.1 Å². The molecule has 2 aromatic carbocycles. The maximum atomic E-state index is 12.8. The molecule has 0 saturated carbocycles. The van der Waals surface area contributed by atoms with Crippen LogP contribution in [-0.4, -0.2) is 30.6 Å². The SMILES string of the molecule is Cc1nc2cc(C(=O)OC(C)c3nc(-c4cccnc4)no3)ccc2n1-c1ccccc1. The van der Waals surface area contributed by atoms with E-state index in [1.54, 1.807) is 37.5 Å². The van der Waals surface area contributed by atoms with Gasteiger partial charge in [0, 0.05) is 23.6 Å². The van der Waals surface area contributed by atoms with Gasteiger partial charge < -0.3 is 9.26 Å². The molecule has 3 aromatic heterocycles. The summed E-state index contributed by atoms with van der Waals surface area (Å²) in [5.41, 5.74) is 3.75. The van der Waals surface area contributed by atoms with Crippen molar-refractivity contribution in [3.05, 3.63) is 90.3 Å². The minimum absolute atomic E-state index is 0.211. The highest BCUT2D eigenvalue weighted by Crippen LogP contribution is 2.25. The molecule has 32 heavy (non-hydrogen) atoms. The van der Waals surface area contributed by atoms with E-state index in [9.17, 15) is 4.79 Å². The van der Waals surface area contributed by atoms with Gasteiger partial charge in [-0.1, -0.05) is 23.4 Å². The average molecular weight is 425 g/mol. The minimum atomic E-state index is -0.709. The minimum Gasteiger partial charge on any atom is -0.449 e. The molecule has 1 atom stereocenters. The Morgan fingerprint density at radius 3 is 2.69 bits per heavy atom. The molecule has 0 aliphatic heterocycles. The molecule has 0 fully saturated rings. The van der Waals surface area contributed by atoms with Gasteiger partial charge in [-0.25, -0.2) is 9.78 Å². The van der Waals surface area contributed by atoms with E-state index in [1.807, 2.05) is 54.0 Å². The van der Waals surface area contributed by atoms with E-state index in [0.29, 0.717) is 16.9 Å². The predicted octanol–water partition coefficient (Wildman–Crippen LogP) is 4.70. The molecule has 0 spiro atoms. The van der Waals surface area contributed by atoms with Gasteiger partial charge in [-0.15, -0.1) is 0 Å². The fraction of sp³-hybridized carbons (Fsp3) is 0.125. The van der Waals surface area contributed by atoms with E-state index in [4.69, 9.17) is 9.26 Å². The summed E-state index contributed by atoms with van der Waals surface area (Å²) in [5, 5.41) is 3.94. The Morgan fingerprint density at radius 1 is 1.06 bits per heavy atom. The second-order valence-electron chi connectivity index (χ2n) is 7.28. The van der Waals surface area contributed by atoms with Crippen LogP contribution in [0.4, 0.5) is 0 Å². The smallest absolute Gasteiger partial charge is 0.338 e. The average Bonchev–Trinajstić information content (AvgIpc) is 3.44. The molecule has 8 nitrogen and oxygen atoms in total. The van der Waals surface area contributed by atoms with Crippen molar-refractivity contribution in [1.29, 1.82) is 0 Å². The van der Waals surface area contributed by atoms with Gasteiger partial charge in [-0.05, 0) is 56.3 Å². The number of aryl methyl sites for hydroxylation is 1. The highest BCUT2D eigenvalue weighted by atomic mass is 16.6. The number of para-hydroxylation sites is 1. The second kappa shape index (κ2) is 8.07. The van der Waals surface area contributed by atoms with E-state index in [-0.39, 0.29) is 5.89 Å². The second-order valence-corrected chi connectivity index (χ2v) is 7.28. The van der Waals surface area contributed by atoms with Gasteiger partial charge in [0.25, 0.3) is 5.89 Å². The van der Waals surface area contributed by atoms with Crippen molar-refractivity contribution in [2.75, 3.05) is 0 Å². The number of esters is 1. The van der Waals surface area contributed by atoms with Gasteiger partial charge in [0.15, 0.2) is 6.10 Å². The van der Waals surface area contributed by atoms with Crippen LogP contribution in [0.1, 0.15) is 35.1 Å². The van der Waals surface area contributed by atoms with Crippen LogP contribution in [0, 0.1) is 6.92 Å². The van der Waals surface area contributed by atoms with Crippen LogP contribution >= 0.6 is 0 Å². The van der Waals surface area contributed by atoms with Crippen molar-refractivity contribution >= 4 is 17.0 Å². The highest BCUT2D eigenvalue weighted by molar-refractivity contribution is 5.94. The number of carbonyl (C=O) groups is 1. The Bertz CT molecular complexity index is 1390. The molecule has 0 radical (unpaired) electrons. The maximum absolute atomic E-state index is 12.8. The molecule has 0 amide bonds. The van der Waals surface area contributed by atoms with Crippen LogP contribution in [0.25, 0.3) is 28.1 Å². The third kappa shape index (κ3) is 3.62. The Hall–Kier alpha value is -4.33. The van der Waals surface area contributed by atoms with Crippen molar-refractivity contribution in [3.63, 3.8) is 0 Å². The number of pyridine rings is 1. The fourth-order valence-electron chi connectivity index (χ4n) is 3.52. The number of hydrogen-bond donors (Lipinski definition) is 0. The topological polar surface area (TPSA) is 95.9 Å². The summed E-state index contributed by atoms with van der Waals surface area (Å²) in [6, 6.07) is 18.9. The number of carbonyl (C=O) groups excluding carboxylic acids is 1. The van der Waals surface area contributed by atoms with Crippen molar-refractivity contribution in [3.8, 4) is 17.1 Å². The number of fused-ring (bicyclic) bond motifs is 1. The van der Waals surface area contributed by atoms with Gasteiger partial charge in [0.2, 0.25) is 5.82 Å². The van der Waals surface area contributed by atoms with E-state index in [0.717, 1.165) is 22.6 Å². The first-order valence-corrected chi connectivity index (χ1v) is 10.1. The van der Waals surface area contributed by atoms with E-state index in [1.165, 1.54) is 0 Å². The number of hydrogen-bond acceptors (Lipinski definition) is 7. The van der Waals surface area contributed by atoms with Gasteiger partial charge in [0.1, 0.15) is 5.82 Å². The summed E-state index contributed by atoms with van der Waals surface area (Å²) in [6.07, 6.45) is 2.59. The molecule has 0 aliphatic rings. The molecule has 5 aromatic rings. The molecule has 1 unspecified atom stereocenters. The molecular formula is C24H19N5O3. The Morgan fingerprint density at radius 2 is 1.91 bits per heavy atom. The van der Waals surface area contributed by atoms with Crippen LogP contribution in [0.5, 0.6) is 0 Å². The number of nitrogens with zero attached hydrogens (tertiary/aromatic N) is 5. The van der Waals surface area contributed by atoms with Crippen molar-refractivity contribution in [2.24, 2.45) is 0 Å². The molecule has 5 rings (SSSR count). The molecule has 0 aliphatic carbocycles. The monoisotopic (exact) mass is 425 g/mol. The zero-order valence-corrected chi connectivity index (χ0v) is 17.5. The van der Waals surface area contributed by atoms with Crippen molar-refractivity contribution in [1.82, 2.24) is 24.7 Å². The van der Waals surface area contributed by atoms with Crippen LogP contribution in [0.15, 0.2) is 77.6 Å². The van der Waals surface area contributed by atoms with Crippen LogP contribution in [-0.2, 0) is 4.74 Å². The maximum Gasteiger partial charge on any atom is 0.338 e. The lowest BCUT2D eigenvalue weighted by Crippen LogP contribution is -2.09. The predicted molar refractivity (Wildman–Crippen MR) is 117 cm³/mol. The number of rotatable bonds is 5. The molecule has 158 valence electrons. The van der Waals surface area contributed by atoms with Crippen molar-refractivity contribution in [2.45, 2.75) is 20.0 Å². The fourth-order valence-corrected chi connectivity index (χ4v) is 3.52. The standard InChI is InChI=1S/C24H19N5O3/c1-15(23-27-22(28-32-23)18-7-6-12-25-14-18)31-24(30)17-10-11-21-20(13-17)26-16(2)29(21)19-8-4-3-5-9-19/h3-15H,1-2H3. The summed E-state index contributed by atoms with van der Waals surface area (Å²) in [5.74, 6) is 0.938. The zero-order valence-electron chi connectivity index (χ0n) is 17.5. The highest BCUT2D eigenvalue weighted by Gasteiger charge is 2.21. The summed E-state index contributed by atoms with van der Waals surface area (Å²) in [7, 11) is 0. The lowest BCUT2D eigenvalue weighted by atomic mass is 10.2. The summed E-state index contributed by atoms with van der Waals surface area (Å²) < 4.78 is 12.9. The van der Waals surface area contributed by atoms with Gasteiger partial charge in [-0.3, -0.25) is 9.55 Å². The third-order valence-corrected chi connectivity index (χ3v) is 5.07. The quantitative estimate of drug-likeness (QED) is 0.377. The Labute approximate surface area is 183 Å². The van der Waals surface area contributed by atoms with Gasteiger partial charge >= 0.3 is 5.97 Å². The number of aromatic nitrogens is 5. The number of imidazole rings is 1. The molecule has 0 saturated heterocycles. The normalized spacial score (nSPS) is 12.1. The number of benzene rings is 2. The van der Waals surface area contributed by atoms with Crippen LogP contribution in [0.3, 0.4) is 0 Å². The number of ether oxygens (including phenoxy) is 1. The summed E-state index contributed by atoms with van der Waals surface area (Å²) in [6.45, 7) is 3.62. The van der Waals surface area contributed by atoms with Crippen LogP contribution in [0.2, 0.25) is 0 Å². The van der Waals surface area contributed by atoms with E-state index < -0.39 is 12.1 Å². The van der Waals surface area contributed by atoms with Gasteiger partial charge in [0.05, 0.1) is 16.6 Å². The van der Waals surface area contributed by atoms with Crippen LogP contribution < -0.4 is 0 Å². The Kier molecular flexibility index (Phi) is 4.95. The lowest BCUT2D eigenvalue weighted by molar-refractivity contribution is 0.0265. The van der Waals surface area contributed by atoms with E-state index >= 15 is 0 Å². The molecule has 8 heteroatoms. The molecule has 0 bridgehead atoms. The molecule has 3 heterocycles. The molecule has 0 N–H and O–H groups in total. The third-order valence-electron chi connectivity index (χ3n) is 5.07. The summed E-state index contributed by atoms with van der Waals surface area (Å²) >= 11 is 0. The Balaban J connectivity index is 1.37. The largest absolute Gasteiger partial charge is 0.449 e. The van der Waals surface area contributed by atoms with Crippen molar-refractivity contribution < 1.29 is 14.1 Å². The summed E-state index contributed by atoms with van der Waals surface area (Å²) in [4.78, 5) is 25.7.